The highest BCUT2D eigenvalue weighted by molar-refractivity contribution is 6.11. The molecule has 0 saturated heterocycles. The first kappa shape index (κ1) is 20.2. The van der Waals surface area contributed by atoms with E-state index in [-0.39, 0.29) is 29.8 Å². The van der Waals surface area contributed by atoms with Crippen molar-refractivity contribution in [3.05, 3.63) is 64.6 Å². The average Bonchev–Trinajstić information content (AvgIpc) is 2.68. The number of anilines is 2. The Morgan fingerprint density at radius 1 is 1.03 bits per heavy atom. The first-order valence-corrected chi connectivity index (χ1v) is 9.12. The van der Waals surface area contributed by atoms with Crippen molar-refractivity contribution in [1.82, 2.24) is 9.78 Å². The number of carbonyl (C=O) groups excluding carboxylic acids is 2. The molecule has 2 aromatic carbocycles. The predicted octanol–water partition coefficient (Wildman–Crippen LogP) is 2.81. The molecule has 2 N–H and O–H groups in total. The molecule has 3 aromatic rings. The van der Waals surface area contributed by atoms with Gasteiger partial charge >= 0.3 is 0 Å². The zero-order chi connectivity index (χ0) is 21.0. The summed E-state index contributed by atoms with van der Waals surface area (Å²) in [5.74, 6) is -0.747. The van der Waals surface area contributed by atoms with E-state index in [9.17, 15) is 14.4 Å². The lowest BCUT2D eigenvalue weighted by Crippen LogP contribution is -2.28. The SMILES string of the molecule is COCC(=O)Nc1cccc(NC(=O)c2nn(C(C)C)c(=O)c3ccccc23)c1. The number of rotatable bonds is 6. The maximum Gasteiger partial charge on any atom is 0.276 e. The predicted molar refractivity (Wildman–Crippen MR) is 111 cm³/mol. The Morgan fingerprint density at radius 3 is 2.34 bits per heavy atom. The molecule has 1 aromatic heterocycles. The summed E-state index contributed by atoms with van der Waals surface area (Å²) in [5, 5.41) is 10.7. The molecular weight excluding hydrogens is 372 g/mol. The smallest absolute Gasteiger partial charge is 0.276 e. The average molecular weight is 394 g/mol. The van der Waals surface area contributed by atoms with Gasteiger partial charge in [0, 0.05) is 23.9 Å². The number of ether oxygens (including phenoxy) is 1. The second-order valence-electron chi connectivity index (χ2n) is 6.75. The number of fused-ring (bicyclic) bond motifs is 1. The third kappa shape index (κ3) is 4.49. The normalized spacial score (nSPS) is 10.9. The van der Waals surface area contributed by atoms with Gasteiger partial charge < -0.3 is 15.4 Å². The second-order valence-corrected chi connectivity index (χ2v) is 6.75. The Bertz CT molecular complexity index is 1120. The molecule has 0 saturated carbocycles. The molecule has 1 heterocycles. The highest BCUT2D eigenvalue weighted by atomic mass is 16.5. The number of carbonyl (C=O) groups is 2. The Morgan fingerprint density at radius 2 is 1.69 bits per heavy atom. The van der Waals surface area contributed by atoms with Crippen molar-refractivity contribution in [2.24, 2.45) is 0 Å². The van der Waals surface area contributed by atoms with E-state index in [4.69, 9.17) is 4.74 Å². The lowest BCUT2D eigenvalue weighted by molar-refractivity contribution is -0.119. The summed E-state index contributed by atoms with van der Waals surface area (Å²) in [5.41, 5.74) is 0.922. The number of aromatic nitrogens is 2. The molecule has 0 aliphatic carbocycles. The summed E-state index contributed by atoms with van der Waals surface area (Å²) in [7, 11) is 1.43. The molecule has 0 spiro atoms. The molecule has 0 radical (unpaired) electrons. The Kier molecular flexibility index (Phi) is 6.04. The minimum Gasteiger partial charge on any atom is -0.375 e. The van der Waals surface area contributed by atoms with E-state index in [1.165, 1.54) is 11.8 Å². The van der Waals surface area contributed by atoms with E-state index in [1.807, 2.05) is 13.8 Å². The van der Waals surface area contributed by atoms with Crippen molar-refractivity contribution >= 4 is 34.0 Å². The first-order chi connectivity index (χ1) is 13.9. The van der Waals surface area contributed by atoms with Crippen molar-refractivity contribution in [1.29, 1.82) is 0 Å². The maximum atomic E-state index is 13.0. The molecule has 8 nitrogen and oxygen atoms in total. The number of benzene rings is 2. The maximum absolute atomic E-state index is 13.0. The lowest BCUT2D eigenvalue weighted by atomic mass is 10.1. The highest BCUT2D eigenvalue weighted by Gasteiger charge is 2.18. The van der Waals surface area contributed by atoms with Gasteiger partial charge in [-0.3, -0.25) is 14.4 Å². The monoisotopic (exact) mass is 394 g/mol. The number of nitrogens with zero attached hydrogens (tertiary/aromatic N) is 2. The first-order valence-electron chi connectivity index (χ1n) is 9.12. The fourth-order valence-electron chi connectivity index (χ4n) is 2.92. The molecule has 2 amide bonds. The van der Waals surface area contributed by atoms with Crippen molar-refractivity contribution < 1.29 is 14.3 Å². The van der Waals surface area contributed by atoms with Crippen molar-refractivity contribution in [2.45, 2.75) is 19.9 Å². The minimum atomic E-state index is -0.448. The molecule has 0 aliphatic rings. The standard InChI is InChI=1S/C21H22N4O4/c1-13(2)25-21(28)17-10-5-4-9-16(17)19(24-25)20(27)23-15-8-6-7-14(11-15)22-18(26)12-29-3/h4-11,13H,12H2,1-3H3,(H,22,26)(H,23,27). The van der Waals surface area contributed by atoms with Gasteiger partial charge in [0.1, 0.15) is 6.61 Å². The van der Waals surface area contributed by atoms with Crippen LogP contribution in [0.1, 0.15) is 30.4 Å². The van der Waals surface area contributed by atoms with Crippen LogP contribution >= 0.6 is 0 Å². The molecule has 8 heteroatoms. The summed E-state index contributed by atoms with van der Waals surface area (Å²) in [4.78, 5) is 37.3. The quantitative estimate of drug-likeness (QED) is 0.669. The molecule has 0 fully saturated rings. The van der Waals surface area contributed by atoms with Gasteiger partial charge in [-0.1, -0.05) is 24.3 Å². The van der Waals surface area contributed by atoms with Crippen LogP contribution in [-0.2, 0) is 9.53 Å². The summed E-state index contributed by atoms with van der Waals surface area (Å²) >= 11 is 0. The Balaban J connectivity index is 1.94. The number of nitrogens with one attached hydrogen (secondary N) is 2. The van der Waals surface area contributed by atoms with E-state index >= 15 is 0 Å². The van der Waals surface area contributed by atoms with Crippen LogP contribution in [-0.4, -0.2) is 35.3 Å². The van der Waals surface area contributed by atoms with Gasteiger partial charge in [0.05, 0.1) is 11.4 Å². The van der Waals surface area contributed by atoms with Crippen LogP contribution in [0.3, 0.4) is 0 Å². The van der Waals surface area contributed by atoms with E-state index < -0.39 is 5.91 Å². The number of hydrogen-bond acceptors (Lipinski definition) is 5. The van der Waals surface area contributed by atoms with Gasteiger partial charge in [-0.05, 0) is 38.1 Å². The molecule has 3 rings (SSSR count). The van der Waals surface area contributed by atoms with Crippen LogP contribution in [0.2, 0.25) is 0 Å². The van der Waals surface area contributed by atoms with Crippen molar-refractivity contribution in [3.8, 4) is 0 Å². The zero-order valence-electron chi connectivity index (χ0n) is 16.4. The van der Waals surface area contributed by atoms with Gasteiger partial charge in [0.15, 0.2) is 5.69 Å². The number of amides is 2. The van der Waals surface area contributed by atoms with Crippen LogP contribution in [0.25, 0.3) is 10.8 Å². The molecule has 0 unspecified atom stereocenters. The summed E-state index contributed by atoms with van der Waals surface area (Å²) in [6.07, 6.45) is 0. The second kappa shape index (κ2) is 8.66. The highest BCUT2D eigenvalue weighted by Crippen LogP contribution is 2.19. The van der Waals surface area contributed by atoms with E-state index in [2.05, 4.69) is 15.7 Å². The van der Waals surface area contributed by atoms with Crippen LogP contribution in [0.15, 0.2) is 53.3 Å². The van der Waals surface area contributed by atoms with Crippen LogP contribution in [0, 0.1) is 0 Å². The van der Waals surface area contributed by atoms with Gasteiger partial charge in [0.2, 0.25) is 5.91 Å². The van der Waals surface area contributed by atoms with Gasteiger partial charge in [-0.25, -0.2) is 4.68 Å². The summed E-state index contributed by atoms with van der Waals surface area (Å²) in [6, 6.07) is 13.4. The molecule has 0 aliphatic heterocycles. The Labute approximate surface area is 167 Å². The fourth-order valence-corrected chi connectivity index (χ4v) is 2.92. The topological polar surface area (TPSA) is 102 Å². The number of methoxy groups -OCH3 is 1. The molecule has 0 atom stereocenters. The van der Waals surface area contributed by atoms with E-state index in [0.717, 1.165) is 0 Å². The van der Waals surface area contributed by atoms with Crippen molar-refractivity contribution in [2.75, 3.05) is 24.4 Å². The zero-order valence-corrected chi connectivity index (χ0v) is 16.4. The Hall–Kier alpha value is -3.52. The summed E-state index contributed by atoms with van der Waals surface area (Å²) in [6.45, 7) is 3.59. The molecule has 29 heavy (non-hydrogen) atoms. The van der Waals surface area contributed by atoms with E-state index in [1.54, 1.807) is 48.5 Å². The molecule has 0 bridgehead atoms. The molecular formula is C21H22N4O4. The van der Waals surface area contributed by atoms with E-state index in [0.29, 0.717) is 22.1 Å². The third-order valence-corrected chi connectivity index (χ3v) is 4.21. The van der Waals surface area contributed by atoms with Gasteiger partial charge in [-0.2, -0.15) is 5.10 Å². The van der Waals surface area contributed by atoms with Gasteiger partial charge in [0.25, 0.3) is 11.5 Å². The van der Waals surface area contributed by atoms with Crippen LogP contribution in [0.4, 0.5) is 11.4 Å². The number of hydrogen-bond donors (Lipinski definition) is 2. The molecule has 150 valence electrons. The van der Waals surface area contributed by atoms with Gasteiger partial charge in [-0.15, -0.1) is 0 Å². The largest absolute Gasteiger partial charge is 0.375 e. The van der Waals surface area contributed by atoms with Crippen LogP contribution in [0.5, 0.6) is 0 Å². The lowest BCUT2D eigenvalue weighted by Gasteiger charge is -2.14. The summed E-state index contributed by atoms with van der Waals surface area (Å²) < 4.78 is 6.10. The minimum absolute atomic E-state index is 0.0662. The van der Waals surface area contributed by atoms with Crippen LogP contribution < -0.4 is 16.2 Å². The third-order valence-electron chi connectivity index (χ3n) is 4.21. The fraction of sp³-hybridized carbons (Fsp3) is 0.238. The van der Waals surface area contributed by atoms with Crippen molar-refractivity contribution in [3.63, 3.8) is 0 Å².